The van der Waals surface area contributed by atoms with Gasteiger partial charge in [-0.1, -0.05) is 46.6 Å². The van der Waals surface area contributed by atoms with Crippen molar-refractivity contribution >= 4 is 0 Å². The first kappa shape index (κ1) is 23.9. The molecular formula is C25H44N2. The molecule has 1 heterocycles. The molecule has 0 bridgehead atoms. The van der Waals surface area contributed by atoms with Crippen molar-refractivity contribution in [3.63, 3.8) is 0 Å². The number of allylic oxidation sites excluding steroid dienone is 7. The summed E-state index contributed by atoms with van der Waals surface area (Å²) in [5, 5.41) is 0. The molecule has 1 saturated heterocycles. The third-order valence-corrected chi connectivity index (χ3v) is 5.45. The molecule has 1 rings (SSSR count). The van der Waals surface area contributed by atoms with Gasteiger partial charge in [0.05, 0.1) is 0 Å². The van der Waals surface area contributed by atoms with Crippen molar-refractivity contribution in [3.05, 3.63) is 46.6 Å². The van der Waals surface area contributed by atoms with Gasteiger partial charge in [-0.05, 0) is 80.2 Å². The van der Waals surface area contributed by atoms with Crippen molar-refractivity contribution < 1.29 is 0 Å². The summed E-state index contributed by atoms with van der Waals surface area (Å²) in [5.74, 6) is 0. The minimum atomic E-state index is 1.12. The van der Waals surface area contributed by atoms with Gasteiger partial charge in [0.1, 0.15) is 0 Å². The van der Waals surface area contributed by atoms with Crippen LogP contribution in [0.15, 0.2) is 46.6 Å². The second kappa shape index (κ2) is 14.0. The molecule has 2 nitrogen and oxygen atoms in total. The number of likely N-dealkylation sites (N-methyl/N-ethyl adjacent to an activating group) is 1. The van der Waals surface area contributed by atoms with Crippen LogP contribution in [-0.2, 0) is 0 Å². The molecule has 0 aromatic carbocycles. The van der Waals surface area contributed by atoms with E-state index in [9.17, 15) is 0 Å². The molecule has 1 aliphatic heterocycles. The van der Waals surface area contributed by atoms with Crippen LogP contribution in [0.5, 0.6) is 0 Å². The Morgan fingerprint density at radius 1 is 0.630 bits per heavy atom. The number of hydrogen-bond acceptors (Lipinski definition) is 2. The van der Waals surface area contributed by atoms with E-state index in [0.717, 1.165) is 6.54 Å². The SMILES string of the molecule is CC(C)=CCC/C(C)=C/CC/C(C)=C/CC/C(C)=C/CN1CCN(C)CC1. The third-order valence-electron chi connectivity index (χ3n) is 5.45. The van der Waals surface area contributed by atoms with E-state index in [-0.39, 0.29) is 0 Å². The van der Waals surface area contributed by atoms with Crippen LogP contribution in [0, 0.1) is 0 Å². The van der Waals surface area contributed by atoms with Crippen LogP contribution in [0.25, 0.3) is 0 Å². The molecule has 0 aliphatic carbocycles. The Hall–Kier alpha value is -1.12. The monoisotopic (exact) mass is 372 g/mol. The van der Waals surface area contributed by atoms with Crippen LogP contribution in [-0.4, -0.2) is 49.6 Å². The van der Waals surface area contributed by atoms with E-state index in [4.69, 9.17) is 0 Å². The van der Waals surface area contributed by atoms with E-state index in [0.29, 0.717) is 0 Å². The van der Waals surface area contributed by atoms with Crippen molar-refractivity contribution in [1.29, 1.82) is 0 Å². The summed E-state index contributed by atoms with van der Waals surface area (Å²) in [6.07, 6.45) is 16.8. The first-order chi connectivity index (χ1) is 12.9. The summed E-state index contributed by atoms with van der Waals surface area (Å²) in [7, 11) is 2.22. The Morgan fingerprint density at radius 2 is 1.07 bits per heavy atom. The molecule has 27 heavy (non-hydrogen) atoms. The highest BCUT2D eigenvalue weighted by Crippen LogP contribution is 2.13. The van der Waals surface area contributed by atoms with Gasteiger partial charge in [0.2, 0.25) is 0 Å². The summed E-state index contributed by atoms with van der Waals surface area (Å²) in [5.41, 5.74) is 6.03. The average molecular weight is 373 g/mol. The van der Waals surface area contributed by atoms with Gasteiger partial charge >= 0.3 is 0 Å². The van der Waals surface area contributed by atoms with Gasteiger partial charge in [-0.2, -0.15) is 0 Å². The van der Waals surface area contributed by atoms with Crippen molar-refractivity contribution in [3.8, 4) is 0 Å². The topological polar surface area (TPSA) is 6.48 Å². The number of nitrogens with zero attached hydrogens (tertiary/aromatic N) is 2. The molecule has 0 radical (unpaired) electrons. The molecule has 1 aliphatic rings. The van der Waals surface area contributed by atoms with Crippen molar-refractivity contribution in [1.82, 2.24) is 9.80 Å². The van der Waals surface area contributed by atoms with E-state index in [1.165, 1.54) is 87.0 Å². The lowest BCUT2D eigenvalue weighted by atomic mass is 10.0. The van der Waals surface area contributed by atoms with Gasteiger partial charge in [0.25, 0.3) is 0 Å². The normalized spacial score (nSPS) is 18.1. The van der Waals surface area contributed by atoms with Crippen molar-refractivity contribution in [2.45, 2.75) is 73.1 Å². The van der Waals surface area contributed by atoms with Crippen molar-refractivity contribution in [2.24, 2.45) is 0 Å². The molecule has 0 atom stereocenters. The Kier molecular flexibility index (Phi) is 12.4. The van der Waals surface area contributed by atoms with Crippen LogP contribution in [0.2, 0.25) is 0 Å². The van der Waals surface area contributed by atoms with Crippen molar-refractivity contribution in [2.75, 3.05) is 39.8 Å². The highest BCUT2D eigenvalue weighted by atomic mass is 15.2. The molecule has 0 N–H and O–H groups in total. The van der Waals surface area contributed by atoms with E-state index in [2.05, 4.69) is 75.8 Å². The second-order valence-electron chi connectivity index (χ2n) is 8.65. The highest BCUT2D eigenvalue weighted by Gasteiger charge is 2.11. The third kappa shape index (κ3) is 12.8. The van der Waals surface area contributed by atoms with E-state index in [1.807, 2.05) is 0 Å². The lowest BCUT2D eigenvalue weighted by Crippen LogP contribution is -2.44. The Balaban J connectivity index is 2.19. The fourth-order valence-electron chi connectivity index (χ4n) is 3.30. The number of piperazine rings is 1. The minimum absolute atomic E-state index is 1.12. The minimum Gasteiger partial charge on any atom is -0.304 e. The highest BCUT2D eigenvalue weighted by molar-refractivity contribution is 5.07. The Morgan fingerprint density at radius 3 is 1.56 bits per heavy atom. The summed E-state index contributed by atoms with van der Waals surface area (Å²) >= 11 is 0. The lowest BCUT2D eigenvalue weighted by Gasteiger charge is -2.31. The largest absolute Gasteiger partial charge is 0.304 e. The van der Waals surface area contributed by atoms with Crippen LogP contribution in [0.3, 0.4) is 0 Å². The average Bonchev–Trinajstić information content (AvgIpc) is 2.61. The van der Waals surface area contributed by atoms with Gasteiger partial charge in [-0.3, -0.25) is 4.90 Å². The van der Waals surface area contributed by atoms with Crippen LogP contribution in [0.1, 0.15) is 73.1 Å². The zero-order valence-electron chi connectivity index (χ0n) is 19.0. The fraction of sp³-hybridized carbons (Fsp3) is 0.680. The van der Waals surface area contributed by atoms with E-state index < -0.39 is 0 Å². The summed E-state index contributed by atoms with van der Waals surface area (Å²) in [6.45, 7) is 17.2. The molecule has 2 heteroatoms. The molecule has 0 spiro atoms. The van der Waals surface area contributed by atoms with E-state index >= 15 is 0 Å². The maximum absolute atomic E-state index is 2.57. The molecule has 154 valence electrons. The maximum atomic E-state index is 2.57. The Bertz CT molecular complexity index is 525. The fourth-order valence-corrected chi connectivity index (χ4v) is 3.30. The predicted octanol–water partition coefficient (Wildman–Crippen LogP) is 6.38. The number of rotatable bonds is 11. The number of hydrogen-bond donors (Lipinski definition) is 0. The molecule has 0 aromatic rings. The molecule has 0 amide bonds. The van der Waals surface area contributed by atoms with Gasteiger partial charge in [-0.25, -0.2) is 0 Å². The van der Waals surface area contributed by atoms with Gasteiger partial charge < -0.3 is 4.90 Å². The predicted molar refractivity (Wildman–Crippen MR) is 122 cm³/mol. The van der Waals surface area contributed by atoms with Gasteiger partial charge in [0.15, 0.2) is 0 Å². The summed E-state index contributed by atoms with van der Waals surface area (Å²) in [4.78, 5) is 4.98. The lowest BCUT2D eigenvalue weighted by molar-refractivity contribution is 0.166. The smallest absolute Gasteiger partial charge is 0.0166 e. The zero-order chi connectivity index (χ0) is 20.1. The van der Waals surface area contributed by atoms with E-state index in [1.54, 1.807) is 0 Å². The van der Waals surface area contributed by atoms with Crippen LogP contribution >= 0.6 is 0 Å². The first-order valence-electron chi connectivity index (χ1n) is 10.9. The standard InChI is InChI=1S/C25H44N2/c1-22(2)10-7-11-23(3)12-8-13-24(4)14-9-15-25(5)16-17-27-20-18-26(6)19-21-27/h10,12,14,16H,7-9,11,13,15,17-21H2,1-6H3/b23-12+,24-14+,25-16+. The maximum Gasteiger partial charge on any atom is 0.0166 e. The summed E-state index contributed by atoms with van der Waals surface area (Å²) in [6, 6.07) is 0. The quantitative estimate of drug-likeness (QED) is 0.388. The Labute approximate surface area is 169 Å². The second-order valence-corrected chi connectivity index (χ2v) is 8.65. The molecule has 0 unspecified atom stereocenters. The first-order valence-corrected chi connectivity index (χ1v) is 10.9. The van der Waals surface area contributed by atoms with Crippen LogP contribution in [0.4, 0.5) is 0 Å². The molecule has 0 aromatic heterocycles. The zero-order valence-corrected chi connectivity index (χ0v) is 19.0. The van der Waals surface area contributed by atoms with Gasteiger partial charge in [0, 0.05) is 32.7 Å². The molecule has 0 saturated carbocycles. The van der Waals surface area contributed by atoms with Crippen LogP contribution < -0.4 is 0 Å². The molecule has 1 fully saturated rings. The molecular weight excluding hydrogens is 328 g/mol. The summed E-state index contributed by atoms with van der Waals surface area (Å²) < 4.78 is 0. The van der Waals surface area contributed by atoms with Gasteiger partial charge in [-0.15, -0.1) is 0 Å².